The van der Waals surface area contributed by atoms with Gasteiger partial charge in [-0.25, -0.2) is 5.43 Å². The fraction of sp³-hybridized carbons (Fsp3) is 0.0625. The molecule has 0 aliphatic carbocycles. The van der Waals surface area contributed by atoms with E-state index in [4.69, 9.17) is 27.6 Å². The number of carbonyl (C=O) groups excluding carboxylic acids is 1. The number of hydrazone groups is 1. The van der Waals surface area contributed by atoms with Gasteiger partial charge in [-0.3, -0.25) is 9.59 Å². The molecular weight excluding hydrogens is 371 g/mol. The molecule has 0 aliphatic heterocycles. The quantitative estimate of drug-likeness (QED) is 0.545. The summed E-state index contributed by atoms with van der Waals surface area (Å²) in [6, 6.07) is 4.72. The molecule has 0 fully saturated rings. The fourth-order valence-electron chi connectivity index (χ4n) is 2.06. The monoisotopic (exact) mass is 380 g/mol. The van der Waals surface area contributed by atoms with Crippen molar-refractivity contribution in [2.45, 2.75) is 6.92 Å². The second-order valence-electron chi connectivity index (χ2n) is 4.93. The first-order valence-corrected chi connectivity index (χ1v) is 8.38. The van der Waals surface area contributed by atoms with Gasteiger partial charge in [-0.15, -0.1) is 11.3 Å². The maximum atomic E-state index is 12.4. The van der Waals surface area contributed by atoms with E-state index in [9.17, 15) is 9.59 Å². The Kier molecular flexibility index (Phi) is 4.71. The van der Waals surface area contributed by atoms with Crippen molar-refractivity contribution in [3.8, 4) is 0 Å². The van der Waals surface area contributed by atoms with Gasteiger partial charge >= 0.3 is 0 Å². The summed E-state index contributed by atoms with van der Waals surface area (Å²) in [4.78, 5) is 25.3. The molecule has 1 amide bonds. The largest absolute Gasteiger partial charge is 0.462 e. The molecule has 2 heterocycles. The summed E-state index contributed by atoms with van der Waals surface area (Å²) in [7, 11) is 0. The Labute approximate surface area is 150 Å². The van der Waals surface area contributed by atoms with Crippen molar-refractivity contribution >= 4 is 57.6 Å². The minimum absolute atomic E-state index is 0.169. The first-order valence-electron chi connectivity index (χ1n) is 6.75. The Morgan fingerprint density at radius 1 is 1.33 bits per heavy atom. The lowest BCUT2D eigenvalue weighted by Gasteiger charge is -2.01. The zero-order valence-electron chi connectivity index (χ0n) is 12.3. The number of hydrogen-bond acceptors (Lipinski definition) is 5. The van der Waals surface area contributed by atoms with Crippen LogP contribution in [0.4, 0.5) is 0 Å². The van der Waals surface area contributed by atoms with Crippen LogP contribution < -0.4 is 10.9 Å². The molecule has 1 N–H and O–H groups in total. The van der Waals surface area contributed by atoms with Crippen LogP contribution in [0, 0.1) is 6.92 Å². The van der Waals surface area contributed by atoms with Gasteiger partial charge < -0.3 is 4.42 Å². The van der Waals surface area contributed by atoms with Crippen molar-refractivity contribution in [2.75, 3.05) is 0 Å². The Bertz CT molecular complexity index is 1020. The van der Waals surface area contributed by atoms with Gasteiger partial charge in [0, 0.05) is 15.3 Å². The SMILES string of the molecule is Cc1cc(C(=O)N/N=C/c2coc3c(Cl)cc(Cl)cc3c2=O)cs1. The highest BCUT2D eigenvalue weighted by atomic mass is 35.5. The van der Waals surface area contributed by atoms with Gasteiger partial charge in [-0.1, -0.05) is 23.2 Å². The summed E-state index contributed by atoms with van der Waals surface area (Å²) in [5.41, 5.74) is 2.95. The third-order valence-corrected chi connectivity index (χ3v) is 4.54. The molecule has 0 saturated heterocycles. The molecule has 3 rings (SSSR count). The number of nitrogens with one attached hydrogen (secondary N) is 1. The van der Waals surface area contributed by atoms with Crippen LogP contribution in [0.1, 0.15) is 20.8 Å². The van der Waals surface area contributed by atoms with Crippen LogP contribution in [-0.2, 0) is 0 Å². The number of aryl methyl sites for hydroxylation is 1. The fourth-order valence-corrected chi connectivity index (χ4v) is 3.28. The summed E-state index contributed by atoms with van der Waals surface area (Å²) in [5, 5.41) is 6.35. The molecule has 2 aromatic heterocycles. The number of halogens is 2. The van der Waals surface area contributed by atoms with Crippen molar-refractivity contribution in [1.29, 1.82) is 0 Å². The zero-order valence-corrected chi connectivity index (χ0v) is 14.6. The van der Waals surface area contributed by atoms with Crippen LogP contribution >= 0.6 is 34.5 Å². The average Bonchev–Trinajstić information content (AvgIpc) is 2.96. The minimum Gasteiger partial charge on any atom is -0.462 e. The molecule has 0 radical (unpaired) electrons. The molecule has 0 saturated carbocycles. The van der Waals surface area contributed by atoms with E-state index < -0.39 is 0 Å². The highest BCUT2D eigenvalue weighted by Crippen LogP contribution is 2.26. The van der Waals surface area contributed by atoms with Gasteiger partial charge in [0.2, 0.25) is 5.43 Å². The summed E-state index contributed by atoms with van der Waals surface area (Å²) in [6.07, 6.45) is 2.45. The van der Waals surface area contributed by atoms with Gasteiger partial charge in [0.25, 0.3) is 5.91 Å². The number of carbonyl (C=O) groups is 1. The molecule has 0 bridgehead atoms. The van der Waals surface area contributed by atoms with Gasteiger partial charge in [-0.05, 0) is 25.1 Å². The molecule has 0 spiro atoms. The van der Waals surface area contributed by atoms with Crippen LogP contribution in [0.5, 0.6) is 0 Å². The zero-order chi connectivity index (χ0) is 17.3. The van der Waals surface area contributed by atoms with Gasteiger partial charge in [0.15, 0.2) is 5.58 Å². The summed E-state index contributed by atoms with van der Waals surface area (Å²) in [6.45, 7) is 1.90. The second-order valence-corrected chi connectivity index (χ2v) is 6.89. The summed E-state index contributed by atoms with van der Waals surface area (Å²) < 4.78 is 5.36. The highest BCUT2D eigenvalue weighted by Gasteiger charge is 2.10. The first-order chi connectivity index (χ1) is 11.5. The maximum absolute atomic E-state index is 12.4. The predicted octanol–water partition coefficient (Wildman–Crippen LogP) is 4.23. The van der Waals surface area contributed by atoms with E-state index in [0.717, 1.165) is 4.88 Å². The van der Waals surface area contributed by atoms with Crippen LogP contribution in [0.2, 0.25) is 10.0 Å². The van der Waals surface area contributed by atoms with Crippen LogP contribution in [0.25, 0.3) is 11.0 Å². The third-order valence-electron chi connectivity index (χ3n) is 3.18. The van der Waals surface area contributed by atoms with Crippen molar-refractivity contribution in [2.24, 2.45) is 5.10 Å². The lowest BCUT2D eigenvalue weighted by atomic mass is 10.2. The van der Waals surface area contributed by atoms with E-state index in [2.05, 4.69) is 10.5 Å². The van der Waals surface area contributed by atoms with Crippen LogP contribution in [0.15, 0.2) is 44.2 Å². The van der Waals surface area contributed by atoms with E-state index in [1.807, 2.05) is 6.92 Å². The van der Waals surface area contributed by atoms with E-state index in [1.54, 1.807) is 11.4 Å². The number of thiophene rings is 1. The Hall–Kier alpha value is -2.15. The van der Waals surface area contributed by atoms with Crippen LogP contribution in [-0.4, -0.2) is 12.1 Å². The number of nitrogens with zero attached hydrogens (tertiary/aromatic N) is 1. The maximum Gasteiger partial charge on any atom is 0.272 e. The van der Waals surface area contributed by atoms with Gasteiger partial charge in [-0.2, -0.15) is 5.10 Å². The molecule has 0 unspecified atom stereocenters. The van der Waals surface area contributed by atoms with E-state index in [0.29, 0.717) is 10.6 Å². The lowest BCUT2D eigenvalue weighted by Crippen LogP contribution is -2.18. The lowest BCUT2D eigenvalue weighted by molar-refractivity contribution is 0.0955. The summed E-state index contributed by atoms with van der Waals surface area (Å²) in [5.74, 6) is -0.355. The number of rotatable bonds is 3. The van der Waals surface area contributed by atoms with E-state index >= 15 is 0 Å². The van der Waals surface area contributed by atoms with E-state index in [1.165, 1.54) is 35.9 Å². The molecular formula is C16H10Cl2N2O3S. The topological polar surface area (TPSA) is 71.7 Å². The molecule has 0 atom stereocenters. The third kappa shape index (κ3) is 3.36. The van der Waals surface area contributed by atoms with Gasteiger partial charge in [0.05, 0.1) is 27.8 Å². The Morgan fingerprint density at radius 2 is 2.12 bits per heavy atom. The standard InChI is InChI=1S/C16H10Cl2N2O3S/c1-8-2-9(7-24-8)16(22)20-19-5-10-6-23-15-12(14(10)21)3-11(17)4-13(15)18/h2-7H,1H3,(H,20,22)/b19-5+. The molecule has 8 heteroatoms. The Morgan fingerprint density at radius 3 is 2.83 bits per heavy atom. The molecule has 1 aromatic carbocycles. The predicted molar refractivity (Wildman–Crippen MR) is 96.6 cm³/mol. The second kappa shape index (κ2) is 6.76. The van der Waals surface area contributed by atoms with Crippen LogP contribution in [0.3, 0.4) is 0 Å². The number of benzene rings is 1. The minimum atomic E-state index is -0.355. The molecule has 24 heavy (non-hydrogen) atoms. The number of hydrogen-bond donors (Lipinski definition) is 1. The first kappa shape index (κ1) is 16.7. The van der Waals surface area contributed by atoms with Gasteiger partial charge in [0.1, 0.15) is 6.26 Å². The molecule has 5 nitrogen and oxygen atoms in total. The average molecular weight is 381 g/mol. The van der Waals surface area contributed by atoms with Crippen molar-refractivity contribution in [3.63, 3.8) is 0 Å². The van der Waals surface area contributed by atoms with Crippen molar-refractivity contribution in [1.82, 2.24) is 5.43 Å². The summed E-state index contributed by atoms with van der Waals surface area (Å²) >= 11 is 13.4. The Balaban J connectivity index is 1.86. The van der Waals surface area contributed by atoms with Crippen molar-refractivity contribution < 1.29 is 9.21 Å². The highest BCUT2D eigenvalue weighted by molar-refractivity contribution is 7.10. The number of amides is 1. The molecule has 3 aromatic rings. The molecule has 0 aliphatic rings. The number of fused-ring (bicyclic) bond motifs is 1. The molecule has 122 valence electrons. The smallest absolute Gasteiger partial charge is 0.272 e. The van der Waals surface area contributed by atoms with Crippen molar-refractivity contribution in [3.05, 3.63) is 66.1 Å². The normalized spacial score (nSPS) is 11.3. The van der Waals surface area contributed by atoms with E-state index in [-0.39, 0.29) is 32.9 Å².